The first kappa shape index (κ1) is 12.7. The number of thiophene rings is 1. The van der Waals surface area contributed by atoms with Crippen molar-refractivity contribution in [2.75, 3.05) is 11.9 Å². The molecule has 0 unspecified atom stereocenters. The van der Waals surface area contributed by atoms with Gasteiger partial charge in [0.15, 0.2) is 0 Å². The third-order valence-electron chi connectivity index (χ3n) is 2.20. The molecule has 2 rings (SSSR count). The minimum absolute atomic E-state index is 0.150. The van der Waals surface area contributed by atoms with Crippen molar-refractivity contribution in [3.63, 3.8) is 0 Å². The Morgan fingerprint density at radius 3 is 3.00 bits per heavy atom. The van der Waals surface area contributed by atoms with E-state index in [2.05, 4.69) is 15.3 Å². The Morgan fingerprint density at radius 1 is 1.50 bits per heavy atom. The number of nitro groups is 1. The third kappa shape index (κ3) is 2.93. The van der Waals surface area contributed by atoms with Crippen molar-refractivity contribution in [2.24, 2.45) is 0 Å². The number of halogens is 1. The van der Waals surface area contributed by atoms with Gasteiger partial charge >= 0.3 is 5.69 Å². The molecule has 0 saturated carbocycles. The van der Waals surface area contributed by atoms with Crippen LogP contribution in [0.1, 0.15) is 4.88 Å². The van der Waals surface area contributed by atoms with Crippen LogP contribution in [-0.4, -0.2) is 21.4 Å². The van der Waals surface area contributed by atoms with Gasteiger partial charge in [-0.2, -0.15) is 0 Å². The van der Waals surface area contributed by atoms with Gasteiger partial charge < -0.3 is 5.32 Å². The number of aromatic nitrogens is 2. The Kier molecular flexibility index (Phi) is 4.06. The number of anilines is 1. The molecule has 0 spiro atoms. The van der Waals surface area contributed by atoms with Crippen molar-refractivity contribution < 1.29 is 4.92 Å². The summed E-state index contributed by atoms with van der Waals surface area (Å²) in [5, 5.41) is 15.6. The summed E-state index contributed by atoms with van der Waals surface area (Å²) in [6, 6.07) is 3.97. The molecule has 94 valence electrons. The maximum absolute atomic E-state index is 10.8. The molecular weight excluding hydrogens is 276 g/mol. The number of hydrogen-bond acceptors (Lipinski definition) is 6. The molecule has 18 heavy (non-hydrogen) atoms. The second-order valence-electron chi connectivity index (χ2n) is 3.37. The van der Waals surface area contributed by atoms with Gasteiger partial charge in [-0.15, -0.1) is 11.3 Å². The predicted octanol–water partition coefficient (Wildman–Crippen LogP) is 2.75. The monoisotopic (exact) mass is 284 g/mol. The molecule has 0 amide bonds. The van der Waals surface area contributed by atoms with E-state index in [4.69, 9.17) is 11.6 Å². The zero-order valence-corrected chi connectivity index (χ0v) is 10.7. The molecule has 0 aliphatic carbocycles. The van der Waals surface area contributed by atoms with E-state index in [9.17, 15) is 10.1 Å². The first-order valence-electron chi connectivity index (χ1n) is 5.09. The van der Waals surface area contributed by atoms with Crippen LogP contribution in [0.5, 0.6) is 0 Å². The van der Waals surface area contributed by atoms with E-state index < -0.39 is 4.92 Å². The van der Waals surface area contributed by atoms with E-state index in [0.717, 1.165) is 6.42 Å². The number of hydrogen-bond donors (Lipinski definition) is 1. The van der Waals surface area contributed by atoms with Gasteiger partial charge in [0, 0.05) is 11.4 Å². The molecular formula is C10H9ClN4O2S. The van der Waals surface area contributed by atoms with Gasteiger partial charge in [0.05, 0.1) is 4.92 Å². The summed E-state index contributed by atoms with van der Waals surface area (Å²) in [6.07, 6.45) is 1.97. The summed E-state index contributed by atoms with van der Waals surface area (Å²) >= 11 is 7.31. The van der Waals surface area contributed by atoms with E-state index in [-0.39, 0.29) is 16.7 Å². The van der Waals surface area contributed by atoms with E-state index >= 15 is 0 Å². The maximum Gasteiger partial charge on any atom is 0.348 e. The fourth-order valence-electron chi connectivity index (χ4n) is 1.41. The molecule has 2 aromatic rings. The van der Waals surface area contributed by atoms with E-state index in [1.807, 2.05) is 17.5 Å². The summed E-state index contributed by atoms with van der Waals surface area (Å²) in [5.74, 6) is 0.150. The molecule has 0 atom stereocenters. The molecule has 0 aliphatic rings. The molecule has 6 nitrogen and oxygen atoms in total. The molecule has 2 heterocycles. The van der Waals surface area contributed by atoms with Gasteiger partial charge in [-0.05, 0) is 17.9 Å². The van der Waals surface area contributed by atoms with Crippen molar-refractivity contribution in [1.82, 2.24) is 9.97 Å². The van der Waals surface area contributed by atoms with E-state index in [1.54, 1.807) is 11.3 Å². The van der Waals surface area contributed by atoms with Crippen molar-refractivity contribution in [3.8, 4) is 0 Å². The maximum atomic E-state index is 10.8. The van der Waals surface area contributed by atoms with Gasteiger partial charge in [0.25, 0.3) is 0 Å². The topological polar surface area (TPSA) is 81.0 Å². The van der Waals surface area contributed by atoms with Gasteiger partial charge in [-0.1, -0.05) is 17.7 Å². The zero-order valence-electron chi connectivity index (χ0n) is 9.17. The van der Waals surface area contributed by atoms with Crippen LogP contribution in [0.4, 0.5) is 11.5 Å². The molecule has 8 heteroatoms. The van der Waals surface area contributed by atoms with E-state index in [0.29, 0.717) is 6.54 Å². The second kappa shape index (κ2) is 5.74. The van der Waals surface area contributed by atoms with Crippen LogP contribution in [0, 0.1) is 10.1 Å². The third-order valence-corrected chi connectivity index (χ3v) is 3.42. The van der Waals surface area contributed by atoms with Gasteiger partial charge in [-0.25, -0.2) is 9.97 Å². The summed E-state index contributed by atoms with van der Waals surface area (Å²) in [7, 11) is 0. The smallest absolute Gasteiger partial charge is 0.348 e. The Morgan fingerprint density at radius 2 is 2.33 bits per heavy atom. The zero-order chi connectivity index (χ0) is 13.0. The van der Waals surface area contributed by atoms with Crippen LogP contribution in [-0.2, 0) is 6.42 Å². The van der Waals surface area contributed by atoms with Gasteiger partial charge in [-0.3, -0.25) is 10.1 Å². The lowest BCUT2D eigenvalue weighted by Gasteiger charge is -2.05. The highest BCUT2D eigenvalue weighted by atomic mass is 35.5. The highest BCUT2D eigenvalue weighted by molar-refractivity contribution is 7.09. The molecule has 0 aliphatic heterocycles. The fourth-order valence-corrected chi connectivity index (χ4v) is 2.32. The molecule has 0 aromatic carbocycles. The Labute approximate surface area is 112 Å². The van der Waals surface area contributed by atoms with Crippen LogP contribution in [0.15, 0.2) is 23.8 Å². The second-order valence-corrected chi connectivity index (χ2v) is 4.77. The lowest BCUT2D eigenvalue weighted by atomic mass is 10.3. The van der Waals surface area contributed by atoms with Crippen LogP contribution in [0.25, 0.3) is 0 Å². The Balaban J connectivity index is 2.05. The predicted molar refractivity (Wildman–Crippen MR) is 70.2 cm³/mol. The largest absolute Gasteiger partial charge is 0.364 e. The van der Waals surface area contributed by atoms with Crippen LogP contribution < -0.4 is 5.32 Å². The average Bonchev–Trinajstić information content (AvgIpc) is 2.81. The molecule has 2 aromatic heterocycles. The summed E-state index contributed by atoms with van der Waals surface area (Å²) < 4.78 is 0. The van der Waals surface area contributed by atoms with Gasteiger partial charge in [0.2, 0.25) is 11.0 Å². The Hall–Kier alpha value is -1.73. The molecule has 1 N–H and O–H groups in total. The minimum Gasteiger partial charge on any atom is -0.364 e. The van der Waals surface area contributed by atoms with Crippen LogP contribution >= 0.6 is 22.9 Å². The normalized spacial score (nSPS) is 10.3. The van der Waals surface area contributed by atoms with E-state index in [1.165, 1.54) is 11.2 Å². The number of nitrogens with zero attached hydrogens (tertiary/aromatic N) is 3. The average molecular weight is 285 g/mol. The van der Waals surface area contributed by atoms with Crippen LogP contribution in [0.3, 0.4) is 0 Å². The lowest BCUT2D eigenvalue weighted by molar-refractivity contribution is -0.384. The molecule has 0 bridgehead atoms. The van der Waals surface area contributed by atoms with Crippen molar-refractivity contribution in [2.45, 2.75) is 6.42 Å². The highest BCUT2D eigenvalue weighted by Gasteiger charge is 2.20. The first-order valence-corrected chi connectivity index (χ1v) is 6.35. The first-order chi connectivity index (χ1) is 8.68. The standard InChI is InChI=1S/C10H9ClN4O2S/c11-9-8(15(16)17)10(14-6-13-9)12-4-3-7-2-1-5-18-7/h1-2,5-6H,3-4H2,(H,12,13,14). The molecule has 0 saturated heterocycles. The number of nitrogens with one attached hydrogen (secondary N) is 1. The minimum atomic E-state index is -0.587. The SMILES string of the molecule is O=[N+]([O-])c1c(Cl)ncnc1NCCc1cccs1. The number of rotatable bonds is 5. The van der Waals surface area contributed by atoms with Crippen LogP contribution in [0.2, 0.25) is 5.15 Å². The fraction of sp³-hybridized carbons (Fsp3) is 0.200. The van der Waals surface area contributed by atoms with Crippen molar-refractivity contribution >= 4 is 34.4 Å². The molecule has 0 fully saturated rings. The van der Waals surface area contributed by atoms with Crippen molar-refractivity contribution in [3.05, 3.63) is 44.0 Å². The lowest BCUT2D eigenvalue weighted by Crippen LogP contribution is -2.08. The molecule has 0 radical (unpaired) electrons. The van der Waals surface area contributed by atoms with Crippen molar-refractivity contribution in [1.29, 1.82) is 0 Å². The van der Waals surface area contributed by atoms with Gasteiger partial charge in [0.1, 0.15) is 6.33 Å². The summed E-state index contributed by atoms with van der Waals surface area (Å²) in [4.78, 5) is 18.9. The highest BCUT2D eigenvalue weighted by Crippen LogP contribution is 2.28. The quantitative estimate of drug-likeness (QED) is 0.519. The summed E-state index contributed by atoms with van der Waals surface area (Å²) in [5.41, 5.74) is -0.287. The Bertz CT molecular complexity index is 547. The summed E-state index contributed by atoms with van der Waals surface area (Å²) in [6.45, 7) is 0.550.